The molecule has 12 nitrogen and oxygen atoms in total. The average Bonchev–Trinajstić information content (AvgIpc) is 1.44. The molecule has 5 aliphatic rings. The quantitative estimate of drug-likeness (QED) is 0.0923. The molecule has 0 radical (unpaired) electrons. The number of fused-ring (bicyclic) bond motifs is 10. The first-order valence-electron chi connectivity index (χ1n) is 50.4. The van der Waals surface area contributed by atoms with Crippen molar-refractivity contribution < 1.29 is 63.2 Å². The maximum Gasteiger partial charge on any atom is 2.00 e. The van der Waals surface area contributed by atoms with E-state index in [2.05, 4.69) is 443 Å². The number of para-hydroxylation sites is 6. The molecule has 5 aliphatic heterocycles. The van der Waals surface area contributed by atoms with E-state index in [1.54, 1.807) is 0 Å². The molecule has 0 unspecified atom stereocenters. The van der Waals surface area contributed by atoms with Gasteiger partial charge in [0.2, 0.25) is 0 Å². The molecule has 28 rings (SSSR count). The summed E-state index contributed by atoms with van der Waals surface area (Å²) in [6.07, 6.45) is 11.0. The monoisotopic (exact) mass is 2470 g/mol. The van der Waals surface area contributed by atoms with E-state index < -0.39 is 0 Å². The van der Waals surface area contributed by atoms with Crippen LogP contribution in [0, 0.1) is 36.4 Å². The molecule has 0 N–H and O–H groups in total. The Morgan fingerprint density at radius 3 is 0.840 bits per heavy atom. The van der Waals surface area contributed by atoms with E-state index in [4.69, 9.17) is 0 Å². The second-order valence-corrected chi connectivity index (χ2v) is 41.3. The zero-order valence-corrected chi connectivity index (χ0v) is 91.0. The van der Waals surface area contributed by atoms with Gasteiger partial charge in [0, 0.05) is 103 Å². The van der Waals surface area contributed by atoms with Crippen LogP contribution in [0.4, 0.5) is 68.2 Å². The summed E-state index contributed by atoms with van der Waals surface area (Å²) in [6.45, 7) is 23.7. The van der Waals surface area contributed by atoms with E-state index in [1.807, 2.05) is 146 Å². The standard InChI is InChI=1S/C46H34N4.C46H36N4.C43H30N4.3Pt/c1-45(2)36-19-11-17-34-35-18-12-20-37-43(35)50(42(34)36)44-38(45)27-33(28-39(44)46(37,3)4)49(31-15-9-13-29(25-31)40-21-5-7-23-47-40)32-16-10-14-30(26-32)41-22-6-8-24-48-41;1-45(2)36-18-5-6-23-42(36)50-43-25-24-35(30-39(43)46(3,4)38-20-13-19-37(45)44(38)50)49(33-16-11-14-31(28-33)40-21-7-9-26-47-40)34-17-12-15-32(29-34)41-22-8-10-27-48-41;1-43(2)36-17-3-4-21-41(36)47-40-23-22-33(28-35(40)34-16-11-18-37(43)42(34)47)46(31-14-9-12-29(26-31)38-19-5-7-24-44-38)32-15-10-13-30(27-32)39-20-6-8-25-45-39;;;/h5-24,27-28H,1-4H3;5-27,30H,1-4H3;3-25,28H,1-2H3;;;/q3*-2;3*+2. The third-order valence-electron chi connectivity index (χ3n) is 30.9. The summed E-state index contributed by atoms with van der Waals surface area (Å²) in [4.78, 5) is 37.1. The molecule has 0 saturated carbocycles. The van der Waals surface area contributed by atoms with Crippen molar-refractivity contribution in [1.82, 2.24) is 39.0 Å². The first-order chi connectivity index (χ1) is 71.7. The number of rotatable bonds is 15. The van der Waals surface area contributed by atoms with Gasteiger partial charge in [0.25, 0.3) is 0 Å². The number of benzene rings is 15. The molecule has 0 aliphatic carbocycles. The minimum Gasteiger partial charge on any atom is -0.346 e. The van der Waals surface area contributed by atoms with Crippen molar-refractivity contribution in [2.75, 3.05) is 19.6 Å². The molecule has 23 aromatic rings. The molecule has 8 aromatic heterocycles. The zero-order valence-electron chi connectivity index (χ0n) is 84.2. The van der Waals surface area contributed by atoms with Crippen LogP contribution in [0.25, 0.3) is 123 Å². The molecule has 0 amide bonds. The van der Waals surface area contributed by atoms with Gasteiger partial charge < -0.3 is 58.6 Å². The van der Waals surface area contributed by atoms with Gasteiger partial charge in [-0.2, -0.15) is 0 Å². The number of anilines is 12. The van der Waals surface area contributed by atoms with E-state index in [0.717, 1.165) is 119 Å². The molecule has 0 saturated heterocycles. The SMILES string of the molecule is CC1(C)c2cc(N(c3[c-]c(-c4ccccn4)ccc3)c3[c-]c(-c4ccccn4)ccc3)cc3c2-n2c4c1cccc4c1cccc(c12)C3(C)C.CC1(C)c2ccccc2-n2c3ccc(N(c4[c-]c(-c5ccccn5)ccc4)c4[c-]c(-c5ccccn5)ccc4)cc3c3cccc1c32.CC1(C)c2ccccc2N2c3ccc(N(c4[c-]c(-c5ccccn5)ccc4)c4[c-]c(-c5ccccn5)ccc4)cc3C(C)(C)c3cccc1c32.[Pt+2].[Pt+2].[Pt+2]. The predicted molar refractivity (Wildman–Crippen MR) is 600 cm³/mol. The predicted octanol–water partition coefficient (Wildman–Crippen LogP) is 33.5. The Kier molecular flexibility index (Phi) is 24.9. The summed E-state index contributed by atoms with van der Waals surface area (Å²) >= 11 is 0. The van der Waals surface area contributed by atoms with Crippen molar-refractivity contribution >= 4 is 112 Å². The molecule has 0 spiro atoms. The van der Waals surface area contributed by atoms with Crippen LogP contribution < -0.4 is 19.6 Å². The summed E-state index contributed by atoms with van der Waals surface area (Å²) in [7, 11) is 0. The summed E-state index contributed by atoms with van der Waals surface area (Å²) in [5.41, 5.74) is 43.3. The summed E-state index contributed by atoms with van der Waals surface area (Å²) in [5, 5.41) is 5.11. The Hall–Kier alpha value is -15.9. The summed E-state index contributed by atoms with van der Waals surface area (Å²) in [6, 6.07) is 159. The van der Waals surface area contributed by atoms with Gasteiger partial charge in [-0.1, -0.05) is 251 Å². The van der Waals surface area contributed by atoms with E-state index in [1.165, 1.54) is 128 Å². The first-order valence-corrected chi connectivity index (χ1v) is 50.4. The topological polar surface area (TPSA) is 100 Å². The van der Waals surface area contributed by atoms with Gasteiger partial charge in [0.15, 0.2) is 0 Å². The Morgan fingerprint density at radius 2 is 0.467 bits per heavy atom. The number of hydrogen-bond acceptors (Lipinski definition) is 10. The summed E-state index contributed by atoms with van der Waals surface area (Å²) in [5.74, 6) is 0. The normalized spacial score (nSPS) is 13.9. The van der Waals surface area contributed by atoms with Crippen molar-refractivity contribution in [1.29, 1.82) is 0 Å². The van der Waals surface area contributed by atoms with Crippen LogP contribution >= 0.6 is 0 Å². The number of aromatic nitrogens is 8. The number of hydrogen-bond donors (Lipinski definition) is 0. The second kappa shape index (κ2) is 38.3. The Morgan fingerprint density at radius 1 is 0.200 bits per heavy atom. The van der Waals surface area contributed by atoms with Crippen LogP contribution in [0.5, 0.6) is 0 Å². The molecule has 15 aromatic carbocycles. The maximum atomic E-state index is 4.66. The van der Waals surface area contributed by atoms with Crippen molar-refractivity contribution in [2.24, 2.45) is 0 Å². The summed E-state index contributed by atoms with van der Waals surface area (Å²) < 4.78 is 5.03. The van der Waals surface area contributed by atoms with Crippen LogP contribution in [-0.2, 0) is 90.3 Å². The molecule has 0 fully saturated rings. The molecule has 13 heterocycles. The minimum absolute atomic E-state index is 0. The van der Waals surface area contributed by atoms with Crippen LogP contribution in [0.1, 0.15) is 125 Å². The molecule has 0 bridgehead atoms. The average molecular weight is 2480 g/mol. The van der Waals surface area contributed by atoms with Gasteiger partial charge in [-0.25, -0.2) is 0 Å². The van der Waals surface area contributed by atoms with Crippen LogP contribution in [0.15, 0.2) is 425 Å². The fraction of sp³-hybridized carbons (Fsp3) is 0.111. The fourth-order valence-corrected chi connectivity index (χ4v) is 23.7. The molecule has 0 atom stereocenters. The molecule has 730 valence electrons. The van der Waals surface area contributed by atoms with E-state index in [-0.39, 0.29) is 90.3 Å². The molecular formula is C135H100N12Pt3. The first kappa shape index (κ1) is 97.5. The van der Waals surface area contributed by atoms with Crippen molar-refractivity contribution in [2.45, 2.75) is 96.3 Å². The van der Waals surface area contributed by atoms with E-state index >= 15 is 0 Å². The molecular weight excluding hydrogens is 2370 g/mol. The van der Waals surface area contributed by atoms with Crippen LogP contribution in [0.3, 0.4) is 0 Å². The van der Waals surface area contributed by atoms with Gasteiger partial charge in [0.05, 0.1) is 50.5 Å². The minimum atomic E-state index is -0.264. The van der Waals surface area contributed by atoms with Gasteiger partial charge in [-0.05, 0) is 221 Å². The fourth-order valence-electron chi connectivity index (χ4n) is 23.7. The van der Waals surface area contributed by atoms with Crippen molar-refractivity contribution in [3.05, 3.63) is 517 Å². The van der Waals surface area contributed by atoms with Crippen LogP contribution in [-0.4, -0.2) is 39.0 Å². The Labute approximate surface area is 918 Å². The van der Waals surface area contributed by atoms with Gasteiger partial charge in [-0.3, -0.25) is 0 Å². The molecule has 15 heteroatoms. The third kappa shape index (κ3) is 16.0. The second-order valence-electron chi connectivity index (χ2n) is 41.3. The van der Waals surface area contributed by atoms with Gasteiger partial charge >= 0.3 is 63.2 Å². The van der Waals surface area contributed by atoms with Crippen molar-refractivity contribution in [3.8, 4) is 78.9 Å². The maximum absolute atomic E-state index is 4.66. The largest absolute Gasteiger partial charge is 2.00 e. The van der Waals surface area contributed by atoms with Crippen LogP contribution in [0.2, 0.25) is 0 Å². The zero-order chi connectivity index (χ0) is 99.4. The van der Waals surface area contributed by atoms with Crippen molar-refractivity contribution in [3.63, 3.8) is 0 Å². The number of pyridine rings is 6. The smallest absolute Gasteiger partial charge is 0.346 e. The van der Waals surface area contributed by atoms with Gasteiger partial charge in [-0.15, -0.1) is 179 Å². The van der Waals surface area contributed by atoms with Gasteiger partial charge in [0.1, 0.15) is 0 Å². The Bertz CT molecular complexity index is 8840. The number of nitrogens with zero attached hydrogens (tertiary/aromatic N) is 12. The van der Waals surface area contributed by atoms with E-state index in [9.17, 15) is 0 Å². The Balaban J connectivity index is 0.000000122. The van der Waals surface area contributed by atoms with E-state index in [0.29, 0.717) is 0 Å². The molecule has 150 heavy (non-hydrogen) atoms. The third-order valence-corrected chi connectivity index (χ3v) is 30.9.